The molecule has 11 heteroatoms. The number of carbonyl (C=O) groups is 1. The lowest BCUT2D eigenvalue weighted by atomic mass is 9.98. The van der Waals surface area contributed by atoms with Gasteiger partial charge in [-0.2, -0.15) is 0 Å². The second kappa shape index (κ2) is 11.0. The number of aromatic nitrogens is 4. The minimum absolute atomic E-state index is 0.139. The molecule has 2 N–H and O–H groups in total. The lowest BCUT2D eigenvalue weighted by Gasteiger charge is -2.26. The number of carbonyl (C=O) groups excluding carboxylic acids is 1. The first-order chi connectivity index (χ1) is 19.4. The number of rotatable bonds is 6. The van der Waals surface area contributed by atoms with Crippen molar-refractivity contribution in [1.82, 2.24) is 19.5 Å². The van der Waals surface area contributed by atoms with Crippen LogP contribution in [0, 0.1) is 0 Å². The Balaban J connectivity index is 1.30. The highest BCUT2D eigenvalue weighted by molar-refractivity contribution is 6.33. The third-order valence-electron chi connectivity index (χ3n) is 6.82. The molecule has 1 saturated heterocycles. The molecule has 2 aromatic heterocycles. The van der Waals surface area contributed by atoms with Gasteiger partial charge in [-0.3, -0.25) is 4.57 Å². The second-order valence-electron chi connectivity index (χ2n) is 9.28. The summed E-state index contributed by atoms with van der Waals surface area (Å²) in [5.41, 5.74) is 3.44. The zero-order valence-corrected chi connectivity index (χ0v) is 22.2. The predicted molar refractivity (Wildman–Crippen MR) is 148 cm³/mol. The van der Waals surface area contributed by atoms with E-state index in [4.69, 9.17) is 32.7 Å². The maximum absolute atomic E-state index is 13.3. The summed E-state index contributed by atoms with van der Waals surface area (Å²) in [6.45, 7) is 0. The Hall–Kier alpha value is -3.86. The van der Waals surface area contributed by atoms with Crippen molar-refractivity contribution >= 4 is 40.3 Å². The molecule has 1 aliphatic rings. The molecule has 6 rings (SSSR count). The monoisotopic (exact) mass is 576 g/mol. The number of aliphatic hydroxyl groups excluding tert-OH is 2. The minimum Gasteiger partial charge on any atom is -0.451 e. The van der Waals surface area contributed by atoms with Crippen LogP contribution in [0.25, 0.3) is 22.3 Å². The number of aliphatic hydroxyl groups is 2. The number of esters is 1. The SMILES string of the molecule is O=C(O[C@H](c1ccc(Cl)cc1)[C@H]1O[C@@H](n2cnc3c(Cl)ncnc32)[C@H](O)[C@@H]1O)c1ccc(-c2ccccc2)cc1. The van der Waals surface area contributed by atoms with Gasteiger partial charge in [-0.05, 0) is 41.0 Å². The quantitative estimate of drug-likeness (QED) is 0.213. The smallest absolute Gasteiger partial charge is 0.338 e. The van der Waals surface area contributed by atoms with Gasteiger partial charge in [0.05, 0.1) is 11.9 Å². The van der Waals surface area contributed by atoms with Gasteiger partial charge in [0.2, 0.25) is 0 Å². The van der Waals surface area contributed by atoms with Gasteiger partial charge in [-0.25, -0.2) is 19.7 Å². The summed E-state index contributed by atoms with van der Waals surface area (Å²) in [6.07, 6.45) is -3.46. The van der Waals surface area contributed by atoms with Crippen molar-refractivity contribution in [2.24, 2.45) is 0 Å². The van der Waals surface area contributed by atoms with Gasteiger partial charge in [0.25, 0.3) is 0 Å². The Morgan fingerprint density at radius 2 is 1.57 bits per heavy atom. The zero-order chi connectivity index (χ0) is 27.8. The Kier molecular flexibility index (Phi) is 7.22. The lowest BCUT2D eigenvalue weighted by molar-refractivity contribution is -0.0917. The Labute approximate surface area is 238 Å². The molecule has 202 valence electrons. The number of imidazole rings is 1. The normalized spacial score (nSPS) is 21.4. The van der Waals surface area contributed by atoms with Gasteiger partial charge in [0, 0.05) is 5.02 Å². The molecule has 9 nitrogen and oxygen atoms in total. The minimum atomic E-state index is -1.42. The van der Waals surface area contributed by atoms with Gasteiger partial charge < -0.3 is 19.7 Å². The second-order valence-corrected chi connectivity index (χ2v) is 10.1. The van der Waals surface area contributed by atoms with Crippen LogP contribution in [0.15, 0.2) is 91.5 Å². The van der Waals surface area contributed by atoms with Gasteiger partial charge in [0.15, 0.2) is 23.1 Å². The standard InChI is InChI=1S/C29H22Cl2N4O5/c30-20-12-10-18(11-13-20)24(40-29(38)19-8-6-17(7-9-19)16-4-2-1-3-5-16)25-22(36)23(37)28(39-25)35-15-34-21-26(31)32-14-33-27(21)35/h1-15,22-25,28,36-37H/t22-,23+,24+,25-,28+/m0/s1. The summed E-state index contributed by atoms with van der Waals surface area (Å²) < 4.78 is 13.5. The molecule has 1 fully saturated rings. The molecular formula is C29H22Cl2N4O5. The van der Waals surface area contributed by atoms with Crippen molar-refractivity contribution in [3.05, 3.63) is 113 Å². The number of halogens is 2. The molecule has 5 aromatic rings. The molecule has 0 saturated carbocycles. The molecule has 0 spiro atoms. The number of fused-ring (bicyclic) bond motifs is 1. The summed E-state index contributed by atoms with van der Waals surface area (Å²) in [5, 5.41) is 22.7. The number of hydrogen-bond acceptors (Lipinski definition) is 8. The maximum atomic E-state index is 13.3. The zero-order valence-electron chi connectivity index (χ0n) is 20.7. The van der Waals surface area contributed by atoms with Crippen LogP contribution in [0.1, 0.15) is 28.3 Å². The van der Waals surface area contributed by atoms with Crippen LogP contribution in [0.5, 0.6) is 0 Å². The van der Waals surface area contributed by atoms with Gasteiger partial charge in [-0.1, -0.05) is 77.8 Å². The van der Waals surface area contributed by atoms with Crippen LogP contribution in [-0.4, -0.2) is 54.0 Å². The summed E-state index contributed by atoms with van der Waals surface area (Å²) in [7, 11) is 0. The molecule has 3 heterocycles. The largest absolute Gasteiger partial charge is 0.451 e. The van der Waals surface area contributed by atoms with E-state index in [1.807, 2.05) is 42.5 Å². The molecule has 0 bridgehead atoms. The topological polar surface area (TPSA) is 120 Å². The van der Waals surface area contributed by atoms with Crippen molar-refractivity contribution in [2.45, 2.75) is 30.6 Å². The lowest BCUT2D eigenvalue weighted by Crippen LogP contribution is -2.36. The molecule has 0 radical (unpaired) electrons. The van der Waals surface area contributed by atoms with Crippen LogP contribution in [-0.2, 0) is 9.47 Å². The molecular weight excluding hydrogens is 555 g/mol. The Bertz CT molecular complexity index is 1650. The highest BCUT2D eigenvalue weighted by Crippen LogP contribution is 2.39. The molecule has 0 unspecified atom stereocenters. The summed E-state index contributed by atoms with van der Waals surface area (Å²) >= 11 is 12.2. The van der Waals surface area contributed by atoms with E-state index in [9.17, 15) is 15.0 Å². The number of nitrogens with zero attached hydrogens (tertiary/aromatic N) is 4. The highest BCUT2D eigenvalue weighted by Gasteiger charge is 2.49. The molecule has 1 aliphatic heterocycles. The molecule has 0 aliphatic carbocycles. The average molecular weight is 577 g/mol. The first-order valence-corrected chi connectivity index (χ1v) is 13.1. The van der Waals surface area contributed by atoms with Gasteiger partial charge in [-0.15, -0.1) is 0 Å². The maximum Gasteiger partial charge on any atom is 0.338 e. The number of benzene rings is 3. The fourth-order valence-electron chi connectivity index (χ4n) is 4.77. The van der Waals surface area contributed by atoms with Gasteiger partial charge in [0.1, 0.15) is 30.2 Å². The van der Waals surface area contributed by atoms with E-state index in [-0.39, 0.29) is 5.15 Å². The van der Waals surface area contributed by atoms with Crippen molar-refractivity contribution in [1.29, 1.82) is 0 Å². The first-order valence-electron chi connectivity index (χ1n) is 12.4. The predicted octanol–water partition coefficient (Wildman–Crippen LogP) is 5.02. The molecule has 3 aromatic carbocycles. The van der Waals surface area contributed by atoms with Crippen LogP contribution in [0.4, 0.5) is 0 Å². The molecule has 40 heavy (non-hydrogen) atoms. The van der Waals surface area contributed by atoms with Crippen LogP contribution in [0.3, 0.4) is 0 Å². The van der Waals surface area contributed by atoms with E-state index in [2.05, 4.69) is 15.0 Å². The average Bonchev–Trinajstić information content (AvgIpc) is 3.54. The number of hydrogen-bond donors (Lipinski definition) is 2. The van der Waals surface area contributed by atoms with E-state index in [0.29, 0.717) is 27.3 Å². The Morgan fingerprint density at radius 3 is 2.30 bits per heavy atom. The summed E-state index contributed by atoms with van der Waals surface area (Å²) in [4.78, 5) is 25.6. The van der Waals surface area contributed by atoms with Crippen LogP contribution >= 0.6 is 23.2 Å². The Morgan fingerprint density at radius 1 is 0.875 bits per heavy atom. The summed E-state index contributed by atoms with van der Waals surface area (Å²) in [5.74, 6) is -0.624. The van der Waals surface area contributed by atoms with E-state index in [1.165, 1.54) is 17.2 Å². The first kappa shape index (κ1) is 26.4. The fourth-order valence-corrected chi connectivity index (χ4v) is 5.07. The fraction of sp³-hybridized carbons (Fsp3) is 0.172. The summed E-state index contributed by atoms with van der Waals surface area (Å²) in [6, 6.07) is 23.4. The van der Waals surface area contributed by atoms with E-state index < -0.39 is 36.6 Å². The molecule has 5 atom stereocenters. The van der Waals surface area contributed by atoms with Crippen LogP contribution in [0.2, 0.25) is 10.2 Å². The molecule has 0 amide bonds. The van der Waals surface area contributed by atoms with E-state index >= 15 is 0 Å². The van der Waals surface area contributed by atoms with Crippen LogP contribution < -0.4 is 0 Å². The highest BCUT2D eigenvalue weighted by atomic mass is 35.5. The number of ether oxygens (including phenoxy) is 2. The van der Waals surface area contributed by atoms with E-state index in [0.717, 1.165) is 11.1 Å². The van der Waals surface area contributed by atoms with E-state index in [1.54, 1.807) is 36.4 Å². The van der Waals surface area contributed by atoms with Crippen molar-refractivity contribution < 1.29 is 24.5 Å². The van der Waals surface area contributed by atoms with Crippen molar-refractivity contribution in [3.8, 4) is 11.1 Å². The third-order valence-corrected chi connectivity index (χ3v) is 7.35. The van der Waals surface area contributed by atoms with Crippen molar-refractivity contribution in [3.63, 3.8) is 0 Å². The third kappa shape index (κ3) is 4.94. The van der Waals surface area contributed by atoms with Crippen molar-refractivity contribution in [2.75, 3.05) is 0 Å². The van der Waals surface area contributed by atoms with Gasteiger partial charge >= 0.3 is 5.97 Å².